The van der Waals surface area contributed by atoms with E-state index >= 15 is 0 Å². The Bertz CT molecular complexity index is 556. The quantitative estimate of drug-likeness (QED) is 0.681. The molecule has 0 aliphatic carbocycles. The highest BCUT2D eigenvalue weighted by Gasteiger charge is 2.07. The number of fused-ring (bicyclic) bond motifs is 1. The fourth-order valence-electron chi connectivity index (χ4n) is 1.84. The fourth-order valence-corrected chi connectivity index (χ4v) is 1.84. The molecule has 0 aromatic heterocycles. The van der Waals surface area contributed by atoms with Crippen LogP contribution in [0.3, 0.4) is 0 Å². The summed E-state index contributed by atoms with van der Waals surface area (Å²) in [6.45, 7) is 4.18. The molecule has 82 valence electrons. The molecule has 0 heterocycles. The second-order valence-electron chi connectivity index (χ2n) is 3.93. The largest absolute Gasteiger partial charge is 0.465 e. The van der Waals surface area contributed by atoms with E-state index in [1.807, 2.05) is 18.2 Å². The summed E-state index contributed by atoms with van der Waals surface area (Å²) < 4.78 is 4.70. The highest BCUT2D eigenvalue weighted by atomic mass is 16.5. The number of carbonyl (C=O) groups excluding carboxylic acids is 1. The van der Waals surface area contributed by atoms with Crippen LogP contribution in [0.1, 0.15) is 21.5 Å². The zero-order chi connectivity index (χ0) is 11.7. The van der Waals surface area contributed by atoms with Crippen LogP contribution < -0.4 is 0 Å². The third-order valence-corrected chi connectivity index (χ3v) is 2.98. The minimum atomic E-state index is -0.292. The summed E-state index contributed by atoms with van der Waals surface area (Å²) in [6, 6.07) is 9.75. The third-order valence-electron chi connectivity index (χ3n) is 2.98. The number of benzene rings is 2. The molecule has 0 radical (unpaired) electrons. The van der Waals surface area contributed by atoms with Crippen molar-refractivity contribution in [3.05, 3.63) is 47.0 Å². The first-order chi connectivity index (χ1) is 7.63. The molecule has 0 bridgehead atoms. The zero-order valence-corrected chi connectivity index (χ0v) is 9.70. The van der Waals surface area contributed by atoms with E-state index in [0.29, 0.717) is 5.56 Å². The van der Waals surface area contributed by atoms with E-state index in [1.54, 1.807) is 6.07 Å². The topological polar surface area (TPSA) is 26.3 Å². The molecule has 0 fully saturated rings. The molecule has 0 N–H and O–H groups in total. The van der Waals surface area contributed by atoms with Gasteiger partial charge in [-0.15, -0.1) is 0 Å². The van der Waals surface area contributed by atoms with Crippen LogP contribution in [0, 0.1) is 13.8 Å². The molecule has 2 rings (SSSR count). The van der Waals surface area contributed by atoms with E-state index in [0.717, 1.165) is 5.39 Å². The normalized spacial score (nSPS) is 10.4. The SMILES string of the molecule is COC(=O)c1ccc2c(C)c(C)ccc2c1. The summed E-state index contributed by atoms with van der Waals surface area (Å²) in [7, 11) is 1.40. The first-order valence-electron chi connectivity index (χ1n) is 5.22. The molecule has 0 aliphatic heterocycles. The zero-order valence-electron chi connectivity index (χ0n) is 9.70. The van der Waals surface area contributed by atoms with Crippen LogP contribution in [-0.4, -0.2) is 13.1 Å². The Hall–Kier alpha value is -1.83. The van der Waals surface area contributed by atoms with Crippen LogP contribution >= 0.6 is 0 Å². The number of ether oxygens (including phenoxy) is 1. The van der Waals surface area contributed by atoms with Crippen molar-refractivity contribution in [1.29, 1.82) is 0 Å². The van der Waals surface area contributed by atoms with Gasteiger partial charge in [-0.3, -0.25) is 0 Å². The van der Waals surface area contributed by atoms with E-state index in [1.165, 1.54) is 23.6 Å². The van der Waals surface area contributed by atoms with E-state index in [9.17, 15) is 4.79 Å². The molecular weight excluding hydrogens is 200 g/mol. The predicted octanol–water partition coefficient (Wildman–Crippen LogP) is 3.24. The van der Waals surface area contributed by atoms with E-state index < -0.39 is 0 Å². The molecule has 0 amide bonds. The number of esters is 1. The molecule has 0 spiro atoms. The summed E-state index contributed by atoms with van der Waals surface area (Å²) in [5.41, 5.74) is 3.12. The van der Waals surface area contributed by atoms with Gasteiger partial charge in [0, 0.05) is 0 Å². The van der Waals surface area contributed by atoms with Crippen molar-refractivity contribution in [3.63, 3.8) is 0 Å². The molecule has 16 heavy (non-hydrogen) atoms. The average Bonchev–Trinajstić information content (AvgIpc) is 2.32. The van der Waals surface area contributed by atoms with Crippen molar-refractivity contribution in [3.8, 4) is 0 Å². The van der Waals surface area contributed by atoms with Gasteiger partial charge in [-0.05, 0) is 47.9 Å². The number of rotatable bonds is 1. The van der Waals surface area contributed by atoms with Gasteiger partial charge in [0.1, 0.15) is 0 Å². The molecule has 2 heteroatoms. The average molecular weight is 214 g/mol. The predicted molar refractivity (Wildman–Crippen MR) is 64.8 cm³/mol. The van der Waals surface area contributed by atoms with Crippen molar-refractivity contribution in [2.24, 2.45) is 0 Å². The van der Waals surface area contributed by atoms with E-state index in [-0.39, 0.29) is 5.97 Å². The number of aryl methyl sites for hydroxylation is 2. The van der Waals surface area contributed by atoms with Crippen LogP contribution in [0.15, 0.2) is 30.3 Å². The van der Waals surface area contributed by atoms with Crippen LogP contribution in [-0.2, 0) is 4.74 Å². The van der Waals surface area contributed by atoms with Crippen LogP contribution in [0.2, 0.25) is 0 Å². The summed E-state index contributed by atoms with van der Waals surface area (Å²) in [5, 5.41) is 2.26. The minimum absolute atomic E-state index is 0.292. The maximum absolute atomic E-state index is 11.4. The Morgan fingerprint density at radius 3 is 2.56 bits per heavy atom. The number of carbonyl (C=O) groups is 1. The van der Waals surface area contributed by atoms with Crippen molar-refractivity contribution in [1.82, 2.24) is 0 Å². The standard InChI is InChI=1S/C14H14O2/c1-9-4-5-11-8-12(14(15)16-3)6-7-13(11)10(9)2/h4-8H,1-3H3. The fraction of sp³-hybridized carbons (Fsp3) is 0.214. The number of hydrogen-bond donors (Lipinski definition) is 0. The third kappa shape index (κ3) is 1.67. The molecule has 2 aromatic rings. The minimum Gasteiger partial charge on any atom is -0.465 e. The highest BCUT2D eigenvalue weighted by Crippen LogP contribution is 2.22. The van der Waals surface area contributed by atoms with E-state index in [2.05, 4.69) is 19.9 Å². The molecule has 0 aliphatic rings. The van der Waals surface area contributed by atoms with Crippen LogP contribution in [0.25, 0.3) is 10.8 Å². The Kier molecular flexibility index (Phi) is 2.65. The van der Waals surface area contributed by atoms with Crippen molar-refractivity contribution >= 4 is 16.7 Å². The van der Waals surface area contributed by atoms with Gasteiger partial charge in [0.15, 0.2) is 0 Å². The van der Waals surface area contributed by atoms with Crippen molar-refractivity contribution in [2.45, 2.75) is 13.8 Å². The van der Waals surface area contributed by atoms with Gasteiger partial charge in [-0.2, -0.15) is 0 Å². The Morgan fingerprint density at radius 1 is 1.12 bits per heavy atom. The van der Waals surface area contributed by atoms with Crippen LogP contribution in [0.5, 0.6) is 0 Å². The lowest BCUT2D eigenvalue weighted by Crippen LogP contribution is -2.00. The molecule has 0 unspecified atom stereocenters. The first kappa shape index (κ1) is 10.7. The Labute approximate surface area is 94.8 Å². The summed E-state index contributed by atoms with van der Waals surface area (Å²) in [6.07, 6.45) is 0. The number of hydrogen-bond acceptors (Lipinski definition) is 2. The lowest BCUT2D eigenvalue weighted by molar-refractivity contribution is 0.0601. The summed E-state index contributed by atoms with van der Waals surface area (Å²) in [5.74, 6) is -0.292. The van der Waals surface area contributed by atoms with Gasteiger partial charge in [-0.25, -0.2) is 4.79 Å². The Balaban J connectivity index is 2.65. The molecule has 0 atom stereocenters. The van der Waals surface area contributed by atoms with Gasteiger partial charge < -0.3 is 4.74 Å². The lowest BCUT2D eigenvalue weighted by atomic mass is 9.99. The second-order valence-corrected chi connectivity index (χ2v) is 3.93. The molecule has 0 saturated carbocycles. The smallest absolute Gasteiger partial charge is 0.337 e. The summed E-state index contributed by atoms with van der Waals surface area (Å²) in [4.78, 5) is 11.4. The molecule has 2 nitrogen and oxygen atoms in total. The lowest BCUT2D eigenvalue weighted by Gasteiger charge is -2.07. The summed E-state index contributed by atoms with van der Waals surface area (Å²) >= 11 is 0. The first-order valence-corrected chi connectivity index (χ1v) is 5.22. The number of methoxy groups -OCH3 is 1. The maximum atomic E-state index is 11.4. The maximum Gasteiger partial charge on any atom is 0.337 e. The van der Waals surface area contributed by atoms with Crippen molar-refractivity contribution < 1.29 is 9.53 Å². The monoisotopic (exact) mass is 214 g/mol. The van der Waals surface area contributed by atoms with Gasteiger partial charge in [-0.1, -0.05) is 18.2 Å². The highest BCUT2D eigenvalue weighted by molar-refractivity contribution is 5.96. The molecule has 0 saturated heterocycles. The van der Waals surface area contributed by atoms with Crippen LogP contribution in [0.4, 0.5) is 0 Å². The molecule has 2 aromatic carbocycles. The van der Waals surface area contributed by atoms with Crippen molar-refractivity contribution in [2.75, 3.05) is 7.11 Å². The van der Waals surface area contributed by atoms with E-state index in [4.69, 9.17) is 4.74 Å². The molecular formula is C14H14O2. The van der Waals surface area contributed by atoms with Gasteiger partial charge >= 0.3 is 5.97 Å². The van der Waals surface area contributed by atoms with Gasteiger partial charge in [0.2, 0.25) is 0 Å². The Morgan fingerprint density at radius 2 is 1.88 bits per heavy atom. The van der Waals surface area contributed by atoms with Gasteiger partial charge in [0.05, 0.1) is 12.7 Å². The van der Waals surface area contributed by atoms with Gasteiger partial charge in [0.25, 0.3) is 0 Å². The second kappa shape index (κ2) is 3.97.